The van der Waals surface area contributed by atoms with E-state index in [2.05, 4.69) is 48.6 Å². The van der Waals surface area contributed by atoms with Crippen molar-refractivity contribution >= 4 is 0 Å². The van der Waals surface area contributed by atoms with Crippen molar-refractivity contribution in [3.8, 4) is 0 Å². The maximum absolute atomic E-state index is 3.56. The van der Waals surface area contributed by atoms with E-state index in [1.165, 1.54) is 30.5 Å². The van der Waals surface area contributed by atoms with Gasteiger partial charge in [-0.25, -0.2) is 0 Å². The van der Waals surface area contributed by atoms with Crippen LogP contribution in [-0.4, -0.2) is 25.5 Å². The van der Waals surface area contributed by atoms with Gasteiger partial charge < -0.3 is 10.2 Å². The van der Waals surface area contributed by atoms with Crippen LogP contribution < -0.4 is 5.32 Å². The van der Waals surface area contributed by atoms with Gasteiger partial charge in [0.05, 0.1) is 0 Å². The predicted octanol–water partition coefficient (Wildman–Crippen LogP) is 2.25. The van der Waals surface area contributed by atoms with Crippen molar-refractivity contribution in [2.75, 3.05) is 20.6 Å². The van der Waals surface area contributed by atoms with Crippen LogP contribution in [0.25, 0.3) is 0 Å². The lowest BCUT2D eigenvalue weighted by Gasteiger charge is -2.14. The van der Waals surface area contributed by atoms with Crippen LogP contribution in [0.1, 0.15) is 24.0 Å². The smallest absolute Gasteiger partial charge is 0.0230 e. The van der Waals surface area contributed by atoms with Crippen molar-refractivity contribution in [1.82, 2.24) is 10.2 Å². The number of benzene rings is 1. The van der Waals surface area contributed by atoms with Gasteiger partial charge in [-0.3, -0.25) is 0 Å². The maximum atomic E-state index is 3.56. The molecule has 1 aromatic carbocycles. The zero-order chi connectivity index (χ0) is 11.4. The summed E-state index contributed by atoms with van der Waals surface area (Å²) in [4.78, 5) is 2.22. The molecule has 1 N–H and O–H groups in total. The molecule has 2 heteroatoms. The summed E-state index contributed by atoms with van der Waals surface area (Å²) in [5.74, 6) is 0.959. The van der Waals surface area contributed by atoms with Gasteiger partial charge in [0, 0.05) is 13.1 Å². The van der Waals surface area contributed by atoms with Crippen LogP contribution in [0, 0.1) is 5.92 Å². The van der Waals surface area contributed by atoms with E-state index in [9.17, 15) is 0 Å². The Labute approximate surface area is 98.7 Å². The average Bonchev–Trinajstić information content (AvgIpc) is 3.04. The van der Waals surface area contributed by atoms with Gasteiger partial charge in [0.15, 0.2) is 0 Å². The molecular formula is C14H22N2. The molecule has 16 heavy (non-hydrogen) atoms. The van der Waals surface area contributed by atoms with E-state index in [4.69, 9.17) is 0 Å². The first-order valence-electron chi connectivity index (χ1n) is 6.18. The van der Waals surface area contributed by atoms with Crippen LogP contribution in [-0.2, 0) is 13.1 Å². The highest BCUT2D eigenvalue weighted by Gasteiger charge is 2.20. The zero-order valence-electron chi connectivity index (χ0n) is 10.4. The number of nitrogens with one attached hydrogen (secondary N) is 1. The Bertz CT molecular complexity index is 329. The minimum Gasteiger partial charge on any atom is -0.312 e. The molecule has 1 aliphatic rings. The van der Waals surface area contributed by atoms with Gasteiger partial charge in [-0.15, -0.1) is 0 Å². The summed E-state index contributed by atoms with van der Waals surface area (Å²) in [6, 6.07) is 8.73. The van der Waals surface area contributed by atoms with Crippen molar-refractivity contribution < 1.29 is 0 Å². The Hall–Kier alpha value is -0.860. The van der Waals surface area contributed by atoms with Crippen LogP contribution in [0.4, 0.5) is 0 Å². The maximum Gasteiger partial charge on any atom is 0.0230 e. The molecule has 0 radical (unpaired) electrons. The molecule has 0 spiro atoms. The van der Waals surface area contributed by atoms with Crippen LogP contribution in [0.2, 0.25) is 0 Å². The Morgan fingerprint density at radius 2 is 1.88 bits per heavy atom. The van der Waals surface area contributed by atoms with Gasteiger partial charge >= 0.3 is 0 Å². The van der Waals surface area contributed by atoms with Gasteiger partial charge in [-0.05, 0) is 50.5 Å². The zero-order valence-corrected chi connectivity index (χ0v) is 10.4. The lowest BCUT2D eigenvalue weighted by molar-refractivity contribution is 0.400. The Balaban J connectivity index is 1.89. The second-order valence-electron chi connectivity index (χ2n) is 5.08. The first-order chi connectivity index (χ1) is 7.75. The monoisotopic (exact) mass is 218 g/mol. The van der Waals surface area contributed by atoms with E-state index >= 15 is 0 Å². The molecule has 0 heterocycles. The second kappa shape index (κ2) is 5.46. The molecular weight excluding hydrogens is 196 g/mol. The molecule has 0 unspecified atom stereocenters. The summed E-state index contributed by atoms with van der Waals surface area (Å²) >= 11 is 0. The molecule has 2 nitrogen and oxygen atoms in total. The van der Waals surface area contributed by atoms with E-state index in [1.807, 2.05) is 0 Å². The van der Waals surface area contributed by atoms with Gasteiger partial charge in [0.25, 0.3) is 0 Å². The third-order valence-corrected chi connectivity index (χ3v) is 3.05. The third kappa shape index (κ3) is 3.62. The summed E-state index contributed by atoms with van der Waals surface area (Å²) in [6.07, 6.45) is 2.85. The fourth-order valence-corrected chi connectivity index (χ4v) is 1.96. The predicted molar refractivity (Wildman–Crippen MR) is 68.3 cm³/mol. The molecule has 0 atom stereocenters. The minimum absolute atomic E-state index is 0.959. The molecule has 88 valence electrons. The fraction of sp³-hybridized carbons (Fsp3) is 0.571. The van der Waals surface area contributed by atoms with Crippen LogP contribution in [0.15, 0.2) is 24.3 Å². The summed E-state index contributed by atoms with van der Waals surface area (Å²) < 4.78 is 0. The molecule has 1 fully saturated rings. The Morgan fingerprint density at radius 1 is 1.19 bits per heavy atom. The van der Waals surface area contributed by atoms with Crippen LogP contribution in [0.3, 0.4) is 0 Å². The molecule has 0 amide bonds. The van der Waals surface area contributed by atoms with Crippen LogP contribution >= 0.6 is 0 Å². The van der Waals surface area contributed by atoms with E-state index < -0.39 is 0 Å². The first kappa shape index (κ1) is 11.6. The Kier molecular flexibility index (Phi) is 3.97. The molecule has 0 saturated heterocycles. The molecule has 0 aromatic heterocycles. The molecule has 1 saturated carbocycles. The minimum atomic E-state index is 0.959. The summed E-state index contributed by atoms with van der Waals surface area (Å²) in [7, 11) is 4.24. The number of nitrogens with zero attached hydrogens (tertiary/aromatic N) is 1. The highest BCUT2D eigenvalue weighted by molar-refractivity contribution is 5.26. The lowest BCUT2D eigenvalue weighted by Crippen LogP contribution is -2.19. The van der Waals surface area contributed by atoms with E-state index in [0.717, 1.165) is 19.0 Å². The van der Waals surface area contributed by atoms with Gasteiger partial charge in [0.1, 0.15) is 0 Å². The topological polar surface area (TPSA) is 15.3 Å². The number of hydrogen-bond donors (Lipinski definition) is 1. The van der Waals surface area contributed by atoms with E-state index in [1.54, 1.807) is 0 Å². The average molecular weight is 218 g/mol. The van der Waals surface area contributed by atoms with E-state index in [-0.39, 0.29) is 0 Å². The molecule has 1 aromatic rings. The summed E-state index contributed by atoms with van der Waals surface area (Å²) in [5, 5.41) is 3.56. The van der Waals surface area contributed by atoms with E-state index in [0.29, 0.717) is 0 Å². The Morgan fingerprint density at radius 3 is 2.50 bits per heavy atom. The lowest BCUT2D eigenvalue weighted by atomic mass is 10.1. The second-order valence-corrected chi connectivity index (χ2v) is 5.08. The van der Waals surface area contributed by atoms with Crippen molar-refractivity contribution in [3.63, 3.8) is 0 Å². The SMILES string of the molecule is CN(C)Cc1ccccc1CNCC1CC1. The van der Waals surface area contributed by atoms with Crippen molar-refractivity contribution in [2.24, 2.45) is 5.92 Å². The van der Waals surface area contributed by atoms with Crippen LogP contribution in [0.5, 0.6) is 0 Å². The number of hydrogen-bond acceptors (Lipinski definition) is 2. The van der Waals surface area contributed by atoms with Crippen molar-refractivity contribution in [3.05, 3.63) is 35.4 Å². The van der Waals surface area contributed by atoms with Crippen molar-refractivity contribution in [1.29, 1.82) is 0 Å². The first-order valence-corrected chi connectivity index (χ1v) is 6.18. The third-order valence-electron chi connectivity index (χ3n) is 3.05. The summed E-state index contributed by atoms with van der Waals surface area (Å²) in [6.45, 7) is 3.23. The number of rotatable bonds is 6. The van der Waals surface area contributed by atoms with Gasteiger partial charge in [-0.1, -0.05) is 24.3 Å². The highest BCUT2D eigenvalue weighted by atomic mass is 15.0. The molecule has 1 aliphatic carbocycles. The molecule has 0 bridgehead atoms. The standard InChI is InChI=1S/C14H22N2/c1-16(2)11-14-6-4-3-5-13(14)10-15-9-12-7-8-12/h3-6,12,15H,7-11H2,1-2H3. The molecule has 0 aliphatic heterocycles. The highest BCUT2D eigenvalue weighted by Crippen LogP contribution is 2.27. The normalized spacial score (nSPS) is 15.7. The summed E-state index contributed by atoms with van der Waals surface area (Å²) in [5.41, 5.74) is 2.88. The van der Waals surface area contributed by atoms with Gasteiger partial charge in [0.2, 0.25) is 0 Å². The largest absolute Gasteiger partial charge is 0.312 e. The van der Waals surface area contributed by atoms with Gasteiger partial charge in [-0.2, -0.15) is 0 Å². The molecule has 2 rings (SSSR count). The van der Waals surface area contributed by atoms with Crippen molar-refractivity contribution in [2.45, 2.75) is 25.9 Å². The quantitative estimate of drug-likeness (QED) is 0.788. The fourth-order valence-electron chi connectivity index (χ4n) is 1.96.